The molecule has 3 amide bonds. The van der Waals surface area contributed by atoms with Gasteiger partial charge in [0.05, 0.1) is 18.5 Å². The molecule has 0 radical (unpaired) electrons. The summed E-state index contributed by atoms with van der Waals surface area (Å²) in [7, 11) is 0. The molecule has 1 aromatic rings. The van der Waals surface area contributed by atoms with Crippen molar-refractivity contribution in [2.45, 2.75) is 70.3 Å². The summed E-state index contributed by atoms with van der Waals surface area (Å²) >= 11 is 1.44. The van der Waals surface area contributed by atoms with E-state index in [0.29, 0.717) is 17.9 Å². The number of carbonyl (C=O) groups excluding carboxylic acids is 3. The molecular formula is C21H36N6O6S. The molecule has 1 heterocycles. The molecule has 1 rings (SSSR count). The number of aliphatic hydroxyl groups is 1. The highest BCUT2D eigenvalue weighted by Gasteiger charge is 2.32. The molecule has 192 valence electrons. The molecule has 0 saturated heterocycles. The van der Waals surface area contributed by atoms with E-state index in [4.69, 9.17) is 5.73 Å². The summed E-state index contributed by atoms with van der Waals surface area (Å²) in [6, 6.07) is -4.49. The smallest absolute Gasteiger partial charge is 0.328 e. The van der Waals surface area contributed by atoms with Crippen LogP contribution >= 0.6 is 11.8 Å². The number of H-pyrrole nitrogens is 1. The van der Waals surface area contributed by atoms with Crippen LogP contribution in [0.15, 0.2) is 12.5 Å². The first-order valence-corrected chi connectivity index (χ1v) is 12.4. The van der Waals surface area contributed by atoms with Crippen molar-refractivity contribution in [3.63, 3.8) is 0 Å². The Morgan fingerprint density at radius 3 is 2.24 bits per heavy atom. The molecule has 12 nitrogen and oxygen atoms in total. The Morgan fingerprint density at radius 1 is 1.12 bits per heavy atom. The molecule has 1 aromatic heterocycles. The summed E-state index contributed by atoms with van der Waals surface area (Å²) < 4.78 is 0. The monoisotopic (exact) mass is 500 g/mol. The van der Waals surface area contributed by atoms with Crippen LogP contribution < -0.4 is 21.7 Å². The van der Waals surface area contributed by atoms with Gasteiger partial charge in [-0.25, -0.2) is 9.78 Å². The van der Waals surface area contributed by atoms with Crippen molar-refractivity contribution in [2.24, 2.45) is 11.7 Å². The number of hydrogen-bond donors (Lipinski definition) is 7. The minimum Gasteiger partial charge on any atom is -0.480 e. The van der Waals surface area contributed by atoms with E-state index < -0.39 is 54.0 Å². The molecule has 34 heavy (non-hydrogen) atoms. The quantitative estimate of drug-likeness (QED) is 0.158. The maximum Gasteiger partial charge on any atom is 0.328 e. The molecular weight excluding hydrogens is 464 g/mol. The number of amides is 3. The minimum atomic E-state index is -1.53. The van der Waals surface area contributed by atoms with Gasteiger partial charge in [0.2, 0.25) is 17.7 Å². The van der Waals surface area contributed by atoms with E-state index >= 15 is 0 Å². The Labute approximate surface area is 203 Å². The Kier molecular flexibility index (Phi) is 12.6. The normalized spacial score (nSPS) is 16.4. The summed E-state index contributed by atoms with van der Waals surface area (Å²) in [5.41, 5.74) is 6.60. The average molecular weight is 501 g/mol. The van der Waals surface area contributed by atoms with Crippen LogP contribution in [0.1, 0.15) is 39.3 Å². The zero-order valence-electron chi connectivity index (χ0n) is 19.9. The SMILES string of the molecule is CCC(C)C(N)C(=O)NC(Cc1cnc[nH]1)C(=O)NC(CCSC)C(=O)NC(C(=O)O)C(C)O. The fraction of sp³-hybridized carbons (Fsp3) is 0.667. The van der Waals surface area contributed by atoms with E-state index in [1.807, 2.05) is 20.1 Å². The molecule has 8 N–H and O–H groups in total. The lowest BCUT2D eigenvalue weighted by Gasteiger charge is -2.26. The number of aliphatic hydroxyl groups excluding tert-OH is 1. The highest BCUT2D eigenvalue weighted by atomic mass is 32.2. The maximum atomic E-state index is 13.1. The van der Waals surface area contributed by atoms with Crippen molar-refractivity contribution >= 4 is 35.5 Å². The second kappa shape index (κ2) is 14.6. The summed E-state index contributed by atoms with van der Waals surface area (Å²) in [6.45, 7) is 4.97. The standard InChI is InChI=1S/C21H36N6O6S/c1-5-11(2)16(22)20(31)26-15(8-13-9-23-10-24-13)19(30)25-14(6-7-34-4)18(29)27-17(12(3)28)21(32)33/h9-12,14-17,28H,5-8,22H2,1-4H3,(H,23,24)(H,25,30)(H,26,31)(H,27,29)(H,32,33). The first kappa shape index (κ1) is 29.4. The lowest BCUT2D eigenvalue weighted by atomic mass is 9.98. The fourth-order valence-electron chi connectivity index (χ4n) is 3.03. The van der Waals surface area contributed by atoms with Crippen LogP contribution in [0.4, 0.5) is 0 Å². The zero-order valence-corrected chi connectivity index (χ0v) is 20.7. The number of nitrogens with two attached hydrogens (primary N) is 1. The van der Waals surface area contributed by atoms with Crippen LogP contribution in [0.25, 0.3) is 0 Å². The van der Waals surface area contributed by atoms with Crippen molar-refractivity contribution in [1.29, 1.82) is 0 Å². The van der Waals surface area contributed by atoms with Crippen molar-refractivity contribution in [3.05, 3.63) is 18.2 Å². The highest BCUT2D eigenvalue weighted by Crippen LogP contribution is 2.08. The van der Waals surface area contributed by atoms with Crippen molar-refractivity contribution in [1.82, 2.24) is 25.9 Å². The Balaban J connectivity index is 3.05. The van der Waals surface area contributed by atoms with Crippen molar-refractivity contribution in [2.75, 3.05) is 12.0 Å². The number of carboxylic acids is 1. The van der Waals surface area contributed by atoms with E-state index in [0.717, 1.165) is 0 Å². The second-order valence-corrected chi connectivity index (χ2v) is 9.15. The van der Waals surface area contributed by atoms with Crippen LogP contribution in [0.2, 0.25) is 0 Å². The third-order valence-corrected chi connectivity index (χ3v) is 6.11. The van der Waals surface area contributed by atoms with Crippen LogP contribution in [0.5, 0.6) is 0 Å². The number of aliphatic carboxylic acids is 1. The number of thioether (sulfide) groups is 1. The largest absolute Gasteiger partial charge is 0.480 e. The summed E-state index contributed by atoms with van der Waals surface area (Å²) in [6.07, 6.45) is 4.40. The molecule has 13 heteroatoms. The topological polar surface area (TPSA) is 200 Å². The van der Waals surface area contributed by atoms with Gasteiger partial charge in [-0.2, -0.15) is 11.8 Å². The van der Waals surface area contributed by atoms with Gasteiger partial charge in [0, 0.05) is 18.3 Å². The summed E-state index contributed by atoms with van der Waals surface area (Å²) in [5, 5.41) is 26.4. The molecule has 6 unspecified atom stereocenters. The molecule has 0 aliphatic carbocycles. The third kappa shape index (κ3) is 9.31. The zero-order chi connectivity index (χ0) is 25.8. The molecule has 0 fully saturated rings. The van der Waals surface area contributed by atoms with Gasteiger partial charge in [0.15, 0.2) is 6.04 Å². The molecule has 0 aromatic carbocycles. The molecule has 0 aliphatic rings. The van der Waals surface area contributed by atoms with Crippen LogP contribution in [0.3, 0.4) is 0 Å². The molecule has 0 bridgehead atoms. The first-order chi connectivity index (χ1) is 16.0. The minimum absolute atomic E-state index is 0.0765. The van der Waals surface area contributed by atoms with Gasteiger partial charge in [-0.05, 0) is 31.3 Å². The average Bonchev–Trinajstić information content (AvgIpc) is 3.30. The number of aromatic amines is 1. The van der Waals surface area contributed by atoms with Gasteiger partial charge in [0.1, 0.15) is 12.1 Å². The van der Waals surface area contributed by atoms with Crippen LogP contribution in [-0.4, -0.2) is 86.2 Å². The number of carboxylic acid groups (broad SMARTS) is 1. The van der Waals surface area contributed by atoms with E-state index in [2.05, 4.69) is 25.9 Å². The Morgan fingerprint density at radius 2 is 1.74 bits per heavy atom. The summed E-state index contributed by atoms with van der Waals surface area (Å²) in [4.78, 5) is 56.7. The predicted octanol–water partition coefficient (Wildman–Crippen LogP) is -1.00. The molecule has 0 spiro atoms. The van der Waals surface area contributed by atoms with Gasteiger partial charge in [0.25, 0.3) is 0 Å². The van der Waals surface area contributed by atoms with Gasteiger partial charge >= 0.3 is 5.97 Å². The third-order valence-electron chi connectivity index (χ3n) is 5.46. The fourth-order valence-corrected chi connectivity index (χ4v) is 3.50. The first-order valence-electron chi connectivity index (χ1n) is 11.0. The van der Waals surface area contributed by atoms with Crippen LogP contribution in [0, 0.1) is 5.92 Å². The number of nitrogens with zero attached hydrogens (tertiary/aromatic N) is 1. The predicted molar refractivity (Wildman–Crippen MR) is 128 cm³/mol. The molecule has 6 atom stereocenters. The van der Waals surface area contributed by atoms with E-state index in [1.165, 1.54) is 31.2 Å². The van der Waals surface area contributed by atoms with E-state index in [9.17, 15) is 29.4 Å². The number of aromatic nitrogens is 2. The second-order valence-electron chi connectivity index (χ2n) is 8.16. The Bertz CT molecular complexity index is 806. The molecule has 0 aliphatic heterocycles. The van der Waals surface area contributed by atoms with Crippen molar-refractivity contribution in [3.8, 4) is 0 Å². The maximum absolute atomic E-state index is 13.1. The van der Waals surface area contributed by atoms with Gasteiger partial charge in [-0.15, -0.1) is 0 Å². The van der Waals surface area contributed by atoms with E-state index in [-0.39, 0.29) is 18.8 Å². The number of imidazole rings is 1. The number of hydrogen-bond acceptors (Lipinski definition) is 8. The lowest BCUT2D eigenvalue weighted by Crippen LogP contribution is -2.59. The van der Waals surface area contributed by atoms with Crippen LogP contribution in [-0.2, 0) is 25.6 Å². The van der Waals surface area contributed by atoms with Crippen molar-refractivity contribution < 1.29 is 29.4 Å². The Hall–Kier alpha value is -2.64. The van der Waals surface area contributed by atoms with Gasteiger partial charge in [-0.1, -0.05) is 20.3 Å². The van der Waals surface area contributed by atoms with E-state index in [1.54, 1.807) is 0 Å². The summed E-state index contributed by atoms with van der Waals surface area (Å²) in [5.74, 6) is -2.89. The number of rotatable bonds is 15. The highest BCUT2D eigenvalue weighted by molar-refractivity contribution is 7.98. The van der Waals surface area contributed by atoms with Gasteiger partial charge in [-0.3, -0.25) is 14.4 Å². The lowest BCUT2D eigenvalue weighted by molar-refractivity contribution is -0.145. The number of nitrogens with one attached hydrogen (secondary N) is 4. The number of carbonyl (C=O) groups is 4. The van der Waals surface area contributed by atoms with Gasteiger partial charge < -0.3 is 36.9 Å². The molecule has 0 saturated carbocycles.